The van der Waals surface area contributed by atoms with Gasteiger partial charge in [0.05, 0.1) is 6.20 Å². The lowest BCUT2D eigenvalue weighted by Crippen LogP contribution is -2.37. The molecule has 3 aliphatic rings. The molecule has 2 aliphatic heterocycles. The summed E-state index contributed by atoms with van der Waals surface area (Å²) in [6.07, 6.45) is 8.71. The average Bonchev–Trinajstić information content (AvgIpc) is 3.29. The molecule has 1 saturated carbocycles. The van der Waals surface area contributed by atoms with Crippen molar-refractivity contribution >= 4 is 21.6 Å². The molecule has 28 heavy (non-hydrogen) atoms. The molecule has 2 fully saturated rings. The van der Waals surface area contributed by atoms with Crippen LogP contribution in [-0.2, 0) is 21.3 Å². The van der Waals surface area contributed by atoms with Gasteiger partial charge in [0.1, 0.15) is 17.6 Å². The van der Waals surface area contributed by atoms with Crippen LogP contribution in [0.5, 0.6) is 0 Å². The molecule has 3 heterocycles. The smallest absolute Gasteiger partial charge is 0.272 e. The molecular formula is C18H25N5O4S. The molecule has 0 atom stereocenters. The highest BCUT2D eigenvalue weighted by molar-refractivity contribution is 7.89. The van der Waals surface area contributed by atoms with Crippen molar-refractivity contribution in [3.05, 3.63) is 29.8 Å². The summed E-state index contributed by atoms with van der Waals surface area (Å²) in [5, 5.41) is 6.28. The first-order valence-corrected chi connectivity index (χ1v) is 11.1. The van der Waals surface area contributed by atoms with Crippen molar-refractivity contribution in [3.63, 3.8) is 0 Å². The number of hydrogen-bond donors (Lipinski definition) is 2. The van der Waals surface area contributed by atoms with Gasteiger partial charge in [-0.1, -0.05) is 19.8 Å². The van der Waals surface area contributed by atoms with Crippen molar-refractivity contribution in [1.82, 2.24) is 15.3 Å². The van der Waals surface area contributed by atoms with E-state index in [1.54, 1.807) is 11.0 Å². The van der Waals surface area contributed by atoms with Gasteiger partial charge in [0, 0.05) is 13.1 Å². The van der Waals surface area contributed by atoms with Crippen LogP contribution in [0.2, 0.25) is 0 Å². The molecule has 1 aromatic heterocycles. The van der Waals surface area contributed by atoms with Crippen molar-refractivity contribution in [1.29, 1.82) is 0 Å². The summed E-state index contributed by atoms with van der Waals surface area (Å²) in [6.45, 7) is 3.36. The van der Waals surface area contributed by atoms with Crippen LogP contribution in [0.15, 0.2) is 23.6 Å². The zero-order chi connectivity index (χ0) is 19.9. The molecule has 1 aliphatic carbocycles. The number of sulfonamides is 1. The SMILES string of the molecule is CCCc1cc(C(=O)N2CCC3(CCC3)C2)nc(S(N)(=O)=O)c1N1NC=CO1. The molecule has 1 spiro atoms. The number of pyridine rings is 1. The number of aryl methyl sites for hydroxylation is 1. The Bertz CT molecular complexity index is 918. The van der Waals surface area contributed by atoms with Gasteiger partial charge in [-0.05, 0) is 42.7 Å². The van der Waals surface area contributed by atoms with Gasteiger partial charge in [0.2, 0.25) is 0 Å². The Morgan fingerprint density at radius 3 is 2.71 bits per heavy atom. The number of amides is 1. The molecule has 1 amide bonds. The van der Waals surface area contributed by atoms with E-state index in [0.717, 1.165) is 25.7 Å². The molecule has 3 N–H and O–H groups in total. The number of likely N-dealkylation sites (tertiary alicyclic amines) is 1. The minimum absolute atomic E-state index is 0.111. The largest absolute Gasteiger partial charge is 0.365 e. The van der Waals surface area contributed by atoms with Gasteiger partial charge in [-0.3, -0.25) is 10.2 Å². The third-order valence-corrected chi connectivity index (χ3v) is 6.64. The average molecular weight is 407 g/mol. The van der Waals surface area contributed by atoms with Crippen LogP contribution in [0.1, 0.15) is 55.1 Å². The van der Waals surface area contributed by atoms with Gasteiger partial charge in [-0.25, -0.2) is 18.5 Å². The van der Waals surface area contributed by atoms with E-state index in [1.165, 1.54) is 24.1 Å². The minimum atomic E-state index is -4.18. The van der Waals surface area contributed by atoms with Crippen LogP contribution in [0.4, 0.5) is 5.69 Å². The number of hydrogen-bond acceptors (Lipinski definition) is 7. The summed E-state index contributed by atoms with van der Waals surface area (Å²) >= 11 is 0. The van der Waals surface area contributed by atoms with E-state index in [2.05, 4.69) is 10.4 Å². The Morgan fingerprint density at radius 1 is 1.39 bits per heavy atom. The van der Waals surface area contributed by atoms with Crippen molar-refractivity contribution < 1.29 is 18.0 Å². The Morgan fingerprint density at radius 2 is 2.18 bits per heavy atom. The highest BCUT2D eigenvalue weighted by Gasteiger charge is 2.44. The number of carbonyl (C=O) groups excluding carboxylic acids is 1. The van der Waals surface area contributed by atoms with Gasteiger partial charge in [-0.15, -0.1) is 5.17 Å². The number of rotatable bonds is 5. The number of nitrogens with zero attached hydrogens (tertiary/aromatic N) is 3. The summed E-state index contributed by atoms with van der Waals surface area (Å²) in [6, 6.07) is 1.66. The topological polar surface area (TPSA) is 118 Å². The fraction of sp³-hybridized carbons (Fsp3) is 0.556. The minimum Gasteiger partial charge on any atom is -0.365 e. The summed E-state index contributed by atoms with van der Waals surface area (Å²) < 4.78 is 24.6. The molecule has 1 aromatic rings. The van der Waals surface area contributed by atoms with Crippen molar-refractivity contribution in [3.8, 4) is 0 Å². The number of nitrogens with one attached hydrogen (secondary N) is 1. The standard InChI is InChI=1S/C18H25N5O4S/c1-2-4-13-11-14(17(24)22-9-7-18(12-22)5-3-6-18)21-16(28(19,25)26)15(13)23-20-8-10-27-23/h8,10-11,20H,2-7,9,12H2,1H3,(H2,19,25,26). The predicted octanol–water partition coefficient (Wildman–Crippen LogP) is 1.43. The number of primary sulfonamides is 1. The Hall–Kier alpha value is -2.33. The summed E-state index contributed by atoms with van der Waals surface area (Å²) in [4.78, 5) is 24.4. The second-order valence-corrected chi connectivity index (χ2v) is 9.25. The molecule has 0 aromatic carbocycles. The number of anilines is 1. The molecule has 152 valence electrons. The maximum atomic E-state index is 13.1. The summed E-state index contributed by atoms with van der Waals surface area (Å²) in [5.74, 6) is -0.244. The maximum Gasteiger partial charge on any atom is 0.272 e. The predicted molar refractivity (Wildman–Crippen MR) is 102 cm³/mol. The fourth-order valence-corrected chi connectivity index (χ4v) is 4.95. The van der Waals surface area contributed by atoms with Gasteiger partial charge in [-0.2, -0.15) is 0 Å². The zero-order valence-electron chi connectivity index (χ0n) is 15.8. The molecule has 4 rings (SSSR count). The Labute approximate surface area is 164 Å². The van der Waals surface area contributed by atoms with E-state index < -0.39 is 10.0 Å². The molecule has 0 unspecified atom stereocenters. The maximum absolute atomic E-state index is 13.1. The van der Waals surface area contributed by atoms with Crippen LogP contribution >= 0.6 is 0 Å². The summed E-state index contributed by atoms with van der Waals surface area (Å²) in [7, 11) is -4.18. The fourth-order valence-electron chi connectivity index (χ4n) is 4.24. The first-order chi connectivity index (χ1) is 13.3. The Balaban J connectivity index is 1.73. The number of aromatic nitrogens is 1. The van der Waals surface area contributed by atoms with Gasteiger partial charge >= 0.3 is 0 Å². The van der Waals surface area contributed by atoms with Crippen molar-refractivity contribution in [2.75, 3.05) is 18.3 Å². The molecular weight excluding hydrogens is 382 g/mol. The second-order valence-electron chi connectivity index (χ2n) is 7.78. The molecule has 0 bridgehead atoms. The number of carbonyl (C=O) groups is 1. The quantitative estimate of drug-likeness (QED) is 0.758. The van der Waals surface area contributed by atoms with E-state index in [9.17, 15) is 13.2 Å². The first-order valence-electron chi connectivity index (χ1n) is 9.57. The van der Waals surface area contributed by atoms with Gasteiger partial charge < -0.3 is 9.74 Å². The van der Waals surface area contributed by atoms with E-state index in [-0.39, 0.29) is 27.7 Å². The summed E-state index contributed by atoms with van der Waals surface area (Å²) in [5.41, 5.74) is 4.00. The lowest BCUT2D eigenvalue weighted by molar-refractivity contribution is 0.0725. The van der Waals surface area contributed by atoms with E-state index >= 15 is 0 Å². The second kappa shape index (κ2) is 6.93. The van der Waals surface area contributed by atoms with E-state index in [1.807, 2.05) is 6.92 Å². The zero-order valence-corrected chi connectivity index (χ0v) is 16.7. The highest BCUT2D eigenvalue weighted by atomic mass is 32.2. The third kappa shape index (κ3) is 3.30. The van der Waals surface area contributed by atoms with E-state index in [4.69, 9.17) is 9.98 Å². The monoisotopic (exact) mass is 407 g/mol. The lowest BCUT2D eigenvalue weighted by Gasteiger charge is -2.37. The molecule has 0 radical (unpaired) electrons. The van der Waals surface area contributed by atoms with Crippen LogP contribution in [0.3, 0.4) is 0 Å². The van der Waals surface area contributed by atoms with Crippen LogP contribution in [0.25, 0.3) is 0 Å². The molecule has 9 nitrogen and oxygen atoms in total. The Kier molecular flexibility index (Phi) is 4.70. The molecule has 1 saturated heterocycles. The third-order valence-electron chi connectivity index (χ3n) is 5.82. The van der Waals surface area contributed by atoms with Crippen molar-refractivity contribution in [2.24, 2.45) is 10.6 Å². The van der Waals surface area contributed by atoms with E-state index in [0.29, 0.717) is 25.1 Å². The van der Waals surface area contributed by atoms with Crippen LogP contribution in [-0.4, -0.2) is 37.3 Å². The van der Waals surface area contributed by atoms with Gasteiger partial charge in [0.15, 0.2) is 5.03 Å². The van der Waals surface area contributed by atoms with Crippen molar-refractivity contribution in [2.45, 2.75) is 50.5 Å². The van der Waals surface area contributed by atoms with Crippen LogP contribution in [0, 0.1) is 5.41 Å². The molecule has 10 heteroatoms. The lowest BCUT2D eigenvalue weighted by atomic mass is 9.68. The van der Waals surface area contributed by atoms with Gasteiger partial charge in [0.25, 0.3) is 15.9 Å². The number of nitrogens with two attached hydrogens (primary N) is 1. The first kappa shape index (κ1) is 19.0. The number of hydrazine groups is 1. The van der Waals surface area contributed by atoms with Crippen LogP contribution < -0.4 is 15.7 Å². The highest BCUT2D eigenvalue weighted by Crippen LogP contribution is 2.48. The normalized spacial score (nSPS) is 20.2.